The van der Waals surface area contributed by atoms with Gasteiger partial charge in [-0.2, -0.15) is 4.80 Å². The first-order chi connectivity index (χ1) is 13.2. The van der Waals surface area contributed by atoms with E-state index in [0.717, 1.165) is 10.6 Å². The zero-order valence-electron chi connectivity index (χ0n) is 14.8. The molecule has 1 aliphatic rings. The Labute approximate surface area is 160 Å². The van der Waals surface area contributed by atoms with Gasteiger partial charge in [-0.25, -0.2) is 0 Å². The van der Waals surface area contributed by atoms with E-state index in [9.17, 15) is 4.79 Å². The lowest BCUT2D eigenvalue weighted by Gasteiger charge is -2.30. The molecule has 0 bridgehead atoms. The van der Waals surface area contributed by atoms with Crippen LogP contribution in [0.4, 0.5) is 0 Å². The molecule has 27 heavy (non-hydrogen) atoms. The number of thiophene rings is 1. The van der Waals surface area contributed by atoms with Gasteiger partial charge in [0.15, 0.2) is 17.6 Å². The SMILES string of the molecule is CCN(C[C@H]1COc2ccccc2O1)C(=O)Cn1nnc(-c2cccs2)n1. The molecule has 2 aromatic heterocycles. The molecule has 0 N–H and O–H groups in total. The number of carbonyl (C=O) groups excluding carboxylic acids is 1. The van der Waals surface area contributed by atoms with E-state index in [0.29, 0.717) is 31.3 Å². The molecular formula is C18H19N5O3S. The Kier molecular flexibility index (Phi) is 5.01. The van der Waals surface area contributed by atoms with Crippen molar-refractivity contribution in [3.05, 3.63) is 41.8 Å². The summed E-state index contributed by atoms with van der Waals surface area (Å²) < 4.78 is 11.7. The van der Waals surface area contributed by atoms with Crippen LogP contribution in [0.1, 0.15) is 6.92 Å². The van der Waals surface area contributed by atoms with Gasteiger partial charge in [0.25, 0.3) is 0 Å². The highest BCUT2D eigenvalue weighted by Gasteiger charge is 2.25. The number of hydrogen-bond acceptors (Lipinski definition) is 7. The number of fused-ring (bicyclic) bond motifs is 1. The fraction of sp³-hybridized carbons (Fsp3) is 0.333. The number of ether oxygens (including phenoxy) is 2. The first-order valence-corrected chi connectivity index (χ1v) is 9.59. The summed E-state index contributed by atoms with van der Waals surface area (Å²) in [4.78, 5) is 16.6. The third kappa shape index (κ3) is 3.92. The normalized spacial score (nSPS) is 15.5. The van der Waals surface area contributed by atoms with Crippen LogP contribution >= 0.6 is 11.3 Å². The Morgan fingerprint density at radius 2 is 2.15 bits per heavy atom. The second-order valence-corrected chi connectivity index (χ2v) is 7.00. The molecule has 1 amide bonds. The maximum atomic E-state index is 12.7. The van der Waals surface area contributed by atoms with Crippen molar-refractivity contribution >= 4 is 17.2 Å². The zero-order valence-corrected chi connectivity index (χ0v) is 15.6. The molecule has 0 aliphatic carbocycles. The molecule has 4 rings (SSSR count). The average molecular weight is 385 g/mol. The van der Waals surface area contributed by atoms with Crippen LogP contribution in [0.5, 0.6) is 11.5 Å². The smallest absolute Gasteiger partial charge is 0.246 e. The lowest BCUT2D eigenvalue weighted by molar-refractivity contribution is -0.133. The number of amides is 1. The maximum Gasteiger partial charge on any atom is 0.246 e. The molecule has 1 aromatic carbocycles. The van der Waals surface area contributed by atoms with Gasteiger partial charge in [0.1, 0.15) is 13.2 Å². The van der Waals surface area contributed by atoms with Crippen molar-refractivity contribution in [1.29, 1.82) is 0 Å². The largest absolute Gasteiger partial charge is 0.486 e. The van der Waals surface area contributed by atoms with Gasteiger partial charge in [-0.05, 0) is 35.7 Å². The van der Waals surface area contributed by atoms with Crippen molar-refractivity contribution in [3.63, 3.8) is 0 Å². The van der Waals surface area contributed by atoms with Crippen LogP contribution in [0, 0.1) is 0 Å². The van der Waals surface area contributed by atoms with Gasteiger partial charge in [0, 0.05) is 6.54 Å². The number of aromatic nitrogens is 4. The number of rotatable bonds is 6. The molecule has 3 heterocycles. The van der Waals surface area contributed by atoms with Crippen molar-refractivity contribution in [2.45, 2.75) is 19.6 Å². The molecule has 3 aromatic rings. The summed E-state index contributed by atoms with van der Waals surface area (Å²) in [6, 6.07) is 11.4. The number of para-hydroxylation sites is 2. The van der Waals surface area contributed by atoms with Crippen molar-refractivity contribution in [1.82, 2.24) is 25.1 Å². The minimum Gasteiger partial charge on any atom is -0.486 e. The van der Waals surface area contributed by atoms with E-state index in [1.807, 2.05) is 48.7 Å². The first kappa shape index (κ1) is 17.5. The van der Waals surface area contributed by atoms with Crippen LogP contribution < -0.4 is 9.47 Å². The molecule has 8 nitrogen and oxygen atoms in total. The van der Waals surface area contributed by atoms with Gasteiger partial charge in [0.2, 0.25) is 11.7 Å². The van der Waals surface area contributed by atoms with Crippen molar-refractivity contribution in [3.8, 4) is 22.2 Å². The number of benzene rings is 1. The lowest BCUT2D eigenvalue weighted by Crippen LogP contribution is -2.44. The van der Waals surface area contributed by atoms with E-state index in [2.05, 4.69) is 15.4 Å². The maximum absolute atomic E-state index is 12.7. The Balaban J connectivity index is 1.37. The minimum absolute atomic E-state index is 0.0381. The van der Waals surface area contributed by atoms with E-state index in [1.165, 1.54) is 16.1 Å². The molecule has 0 saturated heterocycles. The molecule has 140 valence electrons. The Morgan fingerprint density at radius 1 is 1.30 bits per heavy atom. The third-order valence-electron chi connectivity index (χ3n) is 4.20. The van der Waals surface area contributed by atoms with Gasteiger partial charge >= 0.3 is 0 Å². The van der Waals surface area contributed by atoms with E-state index < -0.39 is 0 Å². The van der Waals surface area contributed by atoms with E-state index in [4.69, 9.17) is 9.47 Å². The fourth-order valence-electron chi connectivity index (χ4n) is 2.84. The van der Waals surface area contributed by atoms with Gasteiger partial charge in [-0.3, -0.25) is 4.79 Å². The van der Waals surface area contributed by atoms with E-state index >= 15 is 0 Å². The summed E-state index contributed by atoms with van der Waals surface area (Å²) in [5, 5.41) is 14.2. The second-order valence-electron chi connectivity index (χ2n) is 6.05. The number of hydrogen-bond donors (Lipinski definition) is 0. The predicted molar refractivity (Wildman–Crippen MR) is 99.7 cm³/mol. The highest BCUT2D eigenvalue weighted by atomic mass is 32.1. The van der Waals surface area contributed by atoms with Crippen LogP contribution in [-0.2, 0) is 11.3 Å². The van der Waals surface area contributed by atoms with Crippen molar-refractivity contribution in [2.24, 2.45) is 0 Å². The first-order valence-electron chi connectivity index (χ1n) is 8.71. The highest BCUT2D eigenvalue weighted by Crippen LogP contribution is 2.31. The summed E-state index contributed by atoms with van der Waals surface area (Å²) in [6.45, 7) is 3.38. The van der Waals surface area contributed by atoms with Crippen LogP contribution in [0.25, 0.3) is 10.7 Å². The summed E-state index contributed by atoms with van der Waals surface area (Å²) >= 11 is 1.53. The Morgan fingerprint density at radius 3 is 2.93 bits per heavy atom. The number of nitrogens with zero attached hydrogens (tertiary/aromatic N) is 5. The van der Waals surface area contributed by atoms with Crippen LogP contribution in [0.15, 0.2) is 41.8 Å². The number of tetrazole rings is 1. The summed E-state index contributed by atoms with van der Waals surface area (Å²) in [5.74, 6) is 1.88. The lowest BCUT2D eigenvalue weighted by atomic mass is 10.2. The molecule has 0 unspecified atom stereocenters. The van der Waals surface area contributed by atoms with Crippen LogP contribution in [-0.4, -0.2) is 56.8 Å². The summed E-state index contributed by atoms with van der Waals surface area (Å²) in [6.07, 6.45) is -0.214. The van der Waals surface area contributed by atoms with Gasteiger partial charge in [-0.1, -0.05) is 18.2 Å². The van der Waals surface area contributed by atoms with Gasteiger partial charge in [0.05, 0.1) is 11.4 Å². The Hall–Kier alpha value is -2.94. The number of likely N-dealkylation sites (N-methyl/N-ethyl adjacent to an activating group) is 1. The van der Waals surface area contributed by atoms with Gasteiger partial charge < -0.3 is 14.4 Å². The molecule has 0 fully saturated rings. The average Bonchev–Trinajstić information content (AvgIpc) is 3.37. The monoisotopic (exact) mass is 385 g/mol. The Bertz CT molecular complexity index is 911. The third-order valence-corrected chi connectivity index (χ3v) is 5.06. The van der Waals surface area contributed by atoms with Crippen LogP contribution in [0.2, 0.25) is 0 Å². The molecule has 0 spiro atoms. The zero-order chi connectivity index (χ0) is 18.6. The molecule has 1 aliphatic heterocycles. The molecule has 1 atom stereocenters. The van der Waals surface area contributed by atoms with Crippen molar-refractivity contribution in [2.75, 3.05) is 19.7 Å². The predicted octanol–water partition coefficient (Wildman–Crippen LogP) is 2.09. The fourth-order valence-corrected chi connectivity index (χ4v) is 3.49. The van der Waals surface area contributed by atoms with Crippen LogP contribution in [0.3, 0.4) is 0 Å². The van der Waals surface area contributed by atoms with E-state index in [-0.39, 0.29) is 18.6 Å². The quantitative estimate of drug-likeness (QED) is 0.646. The number of carbonyl (C=O) groups is 1. The summed E-state index contributed by atoms with van der Waals surface area (Å²) in [5.41, 5.74) is 0. The standard InChI is InChI=1S/C18H19N5O3S/c1-2-22(10-13-12-25-14-6-3-4-7-15(14)26-13)17(24)11-23-20-18(19-21-23)16-8-5-9-27-16/h3-9,13H,2,10-12H2,1H3/t13-/m0/s1. The van der Waals surface area contributed by atoms with E-state index in [1.54, 1.807) is 4.90 Å². The molecule has 0 saturated carbocycles. The molecule has 9 heteroatoms. The summed E-state index contributed by atoms with van der Waals surface area (Å²) in [7, 11) is 0. The topological polar surface area (TPSA) is 82.4 Å². The minimum atomic E-state index is -0.214. The second kappa shape index (κ2) is 7.75. The molecule has 0 radical (unpaired) electrons. The van der Waals surface area contributed by atoms with Crippen molar-refractivity contribution < 1.29 is 14.3 Å². The molecular weight excluding hydrogens is 366 g/mol. The van der Waals surface area contributed by atoms with Gasteiger partial charge in [-0.15, -0.1) is 21.5 Å². The highest BCUT2D eigenvalue weighted by molar-refractivity contribution is 7.13.